The SMILES string of the molecule is CCc1ccc2c(c1)c1ccccc1n2-c1cccc(-c2cc(C#N)cc(-n3c4ccccc4c4ccccc43)c2)c1. The largest absolute Gasteiger partial charge is 0.309 e. The zero-order valence-corrected chi connectivity index (χ0v) is 23.3. The van der Waals surface area contributed by atoms with E-state index in [2.05, 4.69) is 143 Å². The molecule has 3 heteroatoms. The Balaban J connectivity index is 1.34. The molecule has 0 aliphatic rings. The van der Waals surface area contributed by atoms with Crippen molar-refractivity contribution in [2.45, 2.75) is 13.3 Å². The quantitative estimate of drug-likeness (QED) is 0.220. The fourth-order valence-electron chi connectivity index (χ4n) is 6.51. The smallest absolute Gasteiger partial charge is 0.0992 e. The molecule has 0 fully saturated rings. The maximum absolute atomic E-state index is 10.1. The van der Waals surface area contributed by atoms with E-state index >= 15 is 0 Å². The van der Waals surface area contributed by atoms with Gasteiger partial charge in [-0.2, -0.15) is 5.26 Å². The van der Waals surface area contributed by atoms with Crippen molar-refractivity contribution in [3.8, 4) is 28.6 Å². The molecule has 198 valence electrons. The summed E-state index contributed by atoms with van der Waals surface area (Å²) >= 11 is 0. The topological polar surface area (TPSA) is 33.6 Å². The molecule has 0 unspecified atom stereocenters. The Morgan fingerprint density at radius 2 is 1.07 bits per heavy atom. The number of nitriles is 1. The maximum atomic E-state index is 10.1. The lowest BCUT2D eigenvalue weighted by Gasteiger charge is -2.13. The van der Waals surface area contributed by atoms with Crippen LogP contribution in [-0.2, 0) is 6.42 Å². The Kier molecular flexibility index (Phi) is 5.48. The van der Waals surface area contributed by atoms with Crippen LogP contribution >= 0.6 is 0 Å². The van der Waals surface area contributed by atoms with Gasteiger partial charge >= 0.3 is 0 Å². The molecule has 8 aromatic rings. The maximum Gasteiger partial charge on any atom is 0.0992 e. The highest BCUT2D eigenvalue weighted by atomic mass is 15.0. The standard InChI is InChI=1S/C39H27N3/c1-2-26-18-19-39-35(22-26)34-14-5-8-17-38(34)41(39)30-11-9-10-28(23-30)29-20-27(25-40)21-31(24-29)42-36-15-6-3-12-32(36)33-13-4-7-16-37(33)42/h3-24H,2H2,1H3. The molecule has 3 nitrogen and oxygen atoms in total. The van der Waals surface area contributed by atoms with Crippen LogP contribution in [0, 0.1) is 11.3 Å². The number of hydrogen-bond donors (Lipinski definition) is 0. The molecule has 0 atom stereocenters. The van der Waals surface area contributed by atoms with Gasteiger partial charge in [0.25, 0.3) is 0 Å². The van der Waals surface area contributed by atoms with Gasteiger partial charge in [-0.25, -0.2) is 0 Å². The molecule has 2 aromatic heterocycles. The molecule has 0 radical (unpaired) electrons. The van der Waals surface area contributed by atoms with Crippen LogP contribution in [0.25, 0.3) is 66.1 Å². The molecule has 0 amide bonds. The molecule has 42 heavy (non-hydrogen) atoms. The second-order valence-corrected chi connectivity index (χ2v) is 10.9. The minimum Gasteiger partial charge on any atom is -0.309 e. The van der Waals surface area contributed by atoms with Crippen LogP contribution in [0.3, 0.4) is 0 Å². The lowest BCUT2D eigenvalue weighted by molar-refractivity contribution is 1.14. The van der Waals surface area contributed by atoms with Gasteiger partial charge in [-0.1, -0.05) is 79.7 Å². The highest BCUT2D eigenvalue weighted by Crippen LogP contribution is 2.36. The van der Waals surface area contributed by atoms with Crippen molar-refractivity contribution < 1.29 is 0 Å². The van der Waals surface area contributed by atoms with Gasteiger partial charge in [0.1, 0.15) is 0 Å². The van der Waals surface area contributed by atoms with E-state index in [0.717, 1.165) is 40.0 Å². The summed E-state index contributed by atoms with van der Waals surface area (Å²) < 4.78 is 4.63. The van der Waals surface area contributed by atoms with Gasteiger partial charge in [-0.15, -0.1) is 0 Å². The number of fused-ring (bicyclic) bond motifs is 6. The zero-order chi connectivity index (χ0) is 28.2. The minimum absolute atomic E-state index is 0.638. The van der Waals surface area contributed by atoms with Gasteiger partial charge in [0.05, 0.1) is 33.7 Å². The molecule has 6 aromatic carbocycles. The van der Waals surface area contributed by atoms with Gasteiger partial charge in [-0.05, 0) is 83.8 Å². The number of aryl methyl sites for hydroxylation is 1. The monoisotopic (exact) mass is 537 g/mol. The van der Waals surface area contributed by atoms with E-state index in [1.165, 1.54) is 38.1 Å². The number of para-hydroxylation sites is 3. The van der Waals surface area contributed by atoms with Gasteiger partial charge in [0.15, 0.2) is 0 Å². The van der Waals surface area contributed by atoms with Gasteiger partial charge < -0.3 is 9.13 Å². The zero-order valence-electron chi connectivity index (χ0n) is 23.3. The van der Waals surface area contributed by atoms with Crippen molar-refractivity contribution in [2.24, 2.45) is 0 Å². The van der Waals surface area contributed by atoms with Crippen LogP contribution < -0.4 is 0 Å². The Morgan fingerprint density at radius 1 is 0.500 bits per heavy atom. The Hall–Kier alpha value is -5.59. The second kappa shape index (κ2) is 9.51. The van der Waals surface area contributed by atoms with Crippen LogP contribution in [0.1, 0.15) is 18.1 Å². The molecule has 0 aliphatic heterocycles. The molecule has 2 heterocycles. The summed E-state index contributed by atoms with van der Waals surface area (Å²) in [5.41, 5.74) is 10.8. The van der Waals surface area contributed by atoms with E-state index in [0.29, 0.717) is 5.56 Å². The summed E-state index contributed by atoms with van der Waals surface area (Å²) in [6.07, 6.45) is 1.01. The van der Waals surface area contributed by atoms with Crippen LogP contribution in [0.2, 0.25) is 0 Å². The Bertz CT molecular complexity index is 2310. The molecule has 8 rings (SSSR count). The Morgan fingerprint density at radius 3 is 1.71 bits per heavy atom. The van der Waals surface area contributed by atoms with Crippen molar-refractivity contribution in [2.75, 3.05) is 0 Å². The fourth-order valence-corrected chi connectivity index (χ4v) is 6.51. The van der Waals surface area contributed by atoms with Crippen LogP contribution in [0.15, 0.2) is 133 Å². The third-order valence-corrected chi connectivity index (χ3v) is 8.47. The fraction of sp³-hybridized carbons (Fsp3) is 0.0513. The number of benzene rings is 6. The minimum atomic E-state index is 0.638. The summed E-state index contributed by atoms with van der Waals surface area (Å²) in [4.78, 5) is 0. The van der Waals surface area contributed by atoms with Crippen LogP contribution in [-0.4, -0.2) is 9.13 Å². The van der Waals surface area contributed by atoms with Crippen molar-refractivity contribution in [1.29, 1.82) is 5.26 Å². The number of rotatable bonds is 4. The molecule has 0 bridgehead atoms. The highest BCUT2D eigenvalue weighted by molar-refractivity contribution is 6.10. The number of aromatic nitrogens is 2. The molecule has 0 saturated heterocycles. The van der Waals surface area contributed by atoms with E-state index in [-0.39, 0.29) is 0 Å². The molecular weight excluding hydrogens is 510 g/mol. The van der Waals surface area contributed by atoms with E-state index in [1.54, 1.807) is 0 Å². The third-order valence-electron chi connectivity index (χ3n) is 8.47. The van der Waals surface area contributed by atoms with Gasteiger partial charge in [0, 0.05) is 32.9 Å². The average Bonchev–Trinajstić information content (AvgIpc) is 3.57. The first kappa shape index (κ1) is 24.2. The van der Waals surface area contributed by atoms with Gasteiger partial charge in [-0.3, -0.25) is 0 Å². The van der Waals surface area contributed by atoms with E-state index in [1.807, 2.05) is 12.1 Å². The summed E-state index contributed by atoms with van der Waals surface area (Å²) in [6, 6.07) is 49.7. The normalized spacial score (nSPS) is 11.5. The summed E-state index contributed by atoms with van der Waals surface area (Å²) in [5, 5.41) is 15.0. The molecule has 0 saturated carbocycles. The van der Waals surface area contributed by atoms with E-state index < -0.39 is 0 Å². The Labute approximate surface area is 244 Å². The van der Waals surface area contributed by atoms with Crippen LogP contribution in [0.5, 0.6) is 0 Å². The first-order chi connectivity index (χ1) is 20.7. The van der Waals surface area contributed by atoms with Crippen molar-refractivity contribution in [3.63, 3.8) is 0 Å². The van der Waals surface area contributed by atoms with E-state index in [4.69, 9.17) is 0 Å². The van der Waals surface area contributed by atoms with Gasteiger partial charge in [0.2, 0.25) is 0 Å². The lowest BCUT2D eigenvalue weighted by atomic mass is 10.0. The third kappa shape index (κ3) is 3.66. The summed E-state index contributed by atoms with van der Waals surface area (Å²) in [6.45, 7) is 2.20. The molecule has 0 N–H and O–H groups in total. The van der Waals surface area contributed by atoms with E-state index in [9.17, 15) is 5.26 Å². The van der Waals surface area contributed by atoms with Crippen LogP contribution in [0.4, 0.5) is 0 Å². The number of nitrogens with zero attached hydrogens (tertiary/aromatic N) is 3. The second-order valence-electron chi connectivity index (χ2n) is 10.9. The van der Waals surface area contributed by atoms with Crippen molar-refractivity contribution in [3.05, 3.63) is 145 Å². The van der Waals surface area contributed by atoms with Crippen molar-refractivity contribution in [1.82, 2.24) is 9.13 Å². The average molecular weight is 538 g/mol. The molecular formula is C39H27N3. The predicted octanol–water partition coefficient (Wildman–Crippen LogP) is 9.98. The van der Waals surface area contributed by atoms with Crippen molar-refractivity contribution >= 4 is 43.6 Å². The molecule has 0 spiro atoms. The first-order valence-corrected chi connectivity index (χ1v) is 14.4. The first-order valence-electron chi connectivity index (χ1n) is 14.4. The summed E-state index contributed by atoms with van der Waals surface area (Å²) in [5.74, 6) is 0. The highest BCUT2D eigenvalue weighted by Gasteiger charge is 2.15. The lowest BCUT2D eigenvalue weighted by Crippen LogP contribution is -1.97. The number of hydrogen-bond acceptors (Lipinski definition) is 1. The predicted molar refractivity (Wildman–Crippen MR) is 175 cm³/mol. The molecule has 0 aliphatic carbocycles. The summed E-state index contributed by atoms with van der Waals surface area (Å²) in [7, 11) is 0.